The summed E-state index contributed by atoms with van der Waals surface area (Å²) >= 11 is 0. The van der Waals surface area contributed by atoms with Gasteiger partial charge in [-0.2, -0.15) is 0 Å². The van der Waals surface area contributed by atoms with Crippen LogP contribution in [0.15, 0.2) is 42.5 Å². The second-order valence-electron chi connectivity index (χ2n) is 7.72. The fraction of sp³-hybridized carbons (Fsp3) is 0.435. The van der Waals surface area contributed by atoms with Crippen LogP contribution in [0.1, 0.15) is 42.0 Å². The third kappa shape index (κ3) is 3.77. The van der Waals surface area contributed by atoms with E-state index in [1.54, 1.807) is 12.0 Å². The molecular formula is C23H29N3O2. The first-order valence-electron chi connectivity index (χ1n) is 10.2. The van der Waals surface area contributed by atoms with E-state index in [-0.39, 0.29) is 5.91 Å². The average Bonchev–Trinajstić information content (AvgIpc) is 2.75. The van der Waals surface area contributed by atoms with Crippen LogP contribution >= 0.6 is 0 Å². The Morgan fingerprint density at radius 3 is 2.82 bits per heavy atom. The molecule has 0 saturated carbocycles. The molecule has 2 aromatic carbocycles. The van der Waals surface area contributed by atoms with Gasteiger partial charge in [-0.1, -0.05) is 30.3 Å². The van der Waals surface area contributed by atoms with Crippen molar-refractivity contribution in [2.75, 3.05) is 25.6 Å². The maximum absolute atomic E-state index is 12.1. The monoisotopic (exact) mass is 379 g/mol. The summed E-state index contributed by atoms with van der Waals surface area (Å²) in [6.07, 6.45) is 3.65. The summed E-state index contributed by atoms with van der Waals surface area (Å²) in [5, 5.41) is 7.41. The van der Waals surface area contributed by atoms with Gasteiger partial charge in [-0.05, 0) is 49.1 Å². The van der Waals surface area contributed by atoms with Gasteiger partial charge in [0.2, 0.25) is 5.91 Å². The van der Waals surface area contributed by atoms with Gasteiger partial charge in [-0.3, -0.25) is 4.79 Å². The van der Waals surface area contributed by atoms with E-state index >= 15 is 0 Å². The number of piperidine rings is 1. The van der Waals surface area contributed by atoms with Gasteiger partial charge >= 0.3 is 0 Å². The molecule has 2 aromatic rings. The summed E-state index contributed by atoms with van der Waals surface area (Å²) in [4.78, 5) is 13.9. The van der Waals surface area contributed by atoms with Crippen molar-refractivity contribution in [1.29, 1.82) is 0 Å². The van der Waals surface area contributed by atoms with Gasteiger partial charge < -0.3 is 20.3 Å². The van der Waals surface area contributed by atoms with Gasteiger partial charge in [-0.15, -0.1) is 0 Å². The molecule has 5 heteroatoms. The molecule has 2 unspecified atom stereocenters. The fourth-order valence-electron chi connectivity index (χ4n) is 4.40. The Bertz CT molecular complexity index is 837. The van der Waals surface area contributed by atoms with E-state index in [9.17, 15) is 4.79 Å². The highest BCUT2D eigenvalue weighted by molar-refractivity contribution is 5.96. The molecule has 0 aliphatic carbocycles. The van der Waals surface area contributed by atoms with Crippen LogP contribution in [0.2, 0.25) is 0 Å². The van der Waals surface area contributed by atoms with Gasteiger partial charge in [0.25, 0.3) is 0 Å². The van der Waals surface area contributed by atoms with Crippen molar-refractivity contribution in [3.63, 3.8) is 0 Å². The SMILES string of the molecule is COc1cc2c(cc1CNC1CCCNC1c1ccccc1)N(C)C(=O)CC2. The molecule has 5 nitrogen and oxygen atoms in total. The molecule has 0 spiro atoms. The number of anilines is 1. The Morgan fingerprint density at radius 1 is 1.21 bits per heavy atom. The zero-order valence-corrected chi connectivity index (χ0v) is 16.7. The molecule has 2 aliphatic heterocycles. The van der Waals surface area contributed by atoms with Crippen molar-refractivity contribution in [3.8, 4) is 5.75 Å². The lowest BCUT2D eigenvalue weighted by atomic mass is 9.92. The van der Waals surface area contributed by atoms with Crippen molar-refractivity contribution in [3.05, 3.63) is 59.2 Å². The van der Waals surface area contributed by atoms with E-state index in [4.69, 9.17) is 4.74 Å². The summed E-state index contributed by atoms with van der Waals surface area (Å²) in [6, 6.07) is 15.5. The summed E-state index contributed by atoms with van der Waals surface area (Å²) in [5.74, 6) is 1.08. The Hall–Kier alpha value is -2.37. The van der Waals surface area contributed by atoms with E-state index in [1.165, 1.54) is 17.5 Å². The molecule has 1 amide bonds. The van der Waals surface area contributed by atoms with Crippen molar-refractivity contribution in [2.24, 2.45) is 0 Å². The van der Waals surface area contributed by atoms with Crippen LogP contribution in [0.5, 0.6) is 5.75 Å². The molecule has 0 radical (unpaired) electrons. The number of rotatable bonds is 5. The van der Waals surface area contributed by atoms with E-state index in [0.29, 0.717) is 25.0 Å². The zero-order chi connectivity index (χ0) is 19.5. The molecule has 2 N–H and O–H groups in total. The van der Waals surface area contributed by atoms with E-state index < -0.39 is 0 Å². The number of fused-ring (bicyclic) bond motifs is 1. The molecular weight excluding hydrogens is 350 g/mol. The molecule has 2 atom stereocenters. The Labute approximate surface area is 167 Å². The van der Waals surface area contributed by atoms with Crippen molar-refractivity contribution in [2.45, 2.75) is 44.3 Å². The highest BCUT2D eigenvalue weighted by Crippen LogP contribution is 2.34. The number of methoxy groups -OCH3 is 1. The maximum atomic E-state index is 12.1. The second kappa shape index (κ2) is 8.33. The number of hydrogen-bond donors (Lipinski definition) is 2. The lowest BCUT2D eigenvalue weighted by Crippen LogP contribution is -2.45. The topological polar surface area (TPSA) is 53.6 Å². The number of benzene rings is 2. The predicted molar refractivity (Wildman–Crippen MR) is 112 cm³/mol. The normalized spacial score (nSPS) is 22.1. The molecule has 4 rings (SSSR count). The van der Waals surface area contributed by atoms with Gasteiger partial charge in [-0.25, -0.2) is 0 Å². The van der Waals surface area contributed by atoms with Crippen LogP contribution in [0.4, 0.5) is 5.69 Å². The molecule has 1 saturated heterocycles. The van der Waals surface area contributed by atoms with E-state index in [2.05, 4.69) is 53.1 Å². The van der Waals surface area contributed by atoms with Gasteiger partial charge in [0.1, 0.15) is 5.75 Å². The van der Waals surface area contributed by atoms with Gasteiger partial charge in [0.05, 0.1) is 7.11 Å². The van der Waals surface area contributed by atoms with Gasteiger partial charge in [0.15, 0.2) is 0 Å². The lowest BCUT2D eigenvalue weighted by Gasteiger charge is -2.34. The molecule has 148 valence electrons. The maximum Gasteiger partial charge on any atom is 0.227 e. The zero-order valence-electron chi connectivity index (χ0n) is 16.7. The highest BCUT2D eigenvalue weighted by atomic mass is 16.5. The first-order valence-corrected chi connectivity index (χ1v) is 10.2. The number of nitrogens with one attached hydrogen (secondary N) is 2. The fourth-order valence-corrected chi connectivity index (χ4v) is 4.40. The molecule has 0 aromatic heterocycles. The van der Waals surface area contributed by atoms with Crippen LogP contribution in [0.25, 0.3) is 0 Å². The Morgan fingerprint density at radius 2 is 2.04 bits per heavy atom. The van der Waals surface area contributed by atoms with Crippen LogP contribution in [-0.2, 0) is 17.8 Å². The highest BCUT2D eigenvalue weighted by Gasteiger charge is 2.27. The van der Waals surface area contributed by atoms with Crippen molar-refractivity contribution < 1.29 is 9.53 Å². The summed E-state index contributed by atoms with van der Waals surface area (Å²) in [7, 11) is 3.58. The number of ether oxygens (including phenoxy) is 1. The number of nitrogens with zero attached hydrogens (tertiary/aromatic N) is 1. The summed E-state index contributed by atoms with van der Waals surface area (Å²) in [6.45, 7) is 1.76. The third-order valence-electron chi connectivity index (χ3n) is 6.00. The van der Waals surface area contributed by atoms with Gasteiger partial charge in [0, 0.05) is 43.3 Å². The first-order chi connectivity index (χ1) is 13.7. The van der Waals surface area contributed by atoms with Crippen LogP contribution in [0, 0.1) is 0 Å². The van der Waals surface area contributed by atoms with E-state index in [1.807, 2.05) is 7.05 Å². The van der Waals surface area contributed by atoms with E-state index in [0.717, 1.165) is 36.4 Å². The Balaban J connectivity index is 1.54. The lowest BCUT2D eigenvalue weighted by molar-refractivity contribution is -0.118. The number of hydrogen-bond acceptors (Lipinski definition) is 4. The number of amides is 1. The summed E-state index contributed by atoms with van der Waals surface area (Å²) < 4.78 is 5.67. The molecule has 2 aliphatic rings. The summed E-state index contributed by atoms with van der Waals surface area (Å²) in [5.41, 5.74) is 4.61. The average molecular weight is 380 g/mol. The molecule has 0 bridgehead atoms. The molecule has 1 fully saturated rings. The third-order valence-corrected chi connectivity index (χ3v) is 6.00. The largest absolute Gasteiger partial charge is 0.496 e. The number of aryl methyl sites for hydroxylation is 1. The van der Waals surface area contributed by atoms with Crippen LogP contribution < -0.4 is 20.3 Å². The van der Waals surface area contributed by atoms with Crippen LogP contribution in [-0.4, -0.2) is 32.7 Å². The quantitative estimate of drug-likeness (QED) is 0.838. The smallest absolute Gasteiger partial charge is 0.227 e. The van der Waals surface area contributed by atoms with Crippen molar-refractivity contribution in [1.82, 2.24) is 10.6 Å². The minimum Gasteiger partial charge on any atom is -0.496 e. The van der Waals surface area contributed by atoms with Crippen LogP contribution in [0.3, 0.4) is 0 Å². The predicted octanol–water partition coefficient (Wildman–Crippen LogP) is 3.19. The first kappa shape index (κ1) is 19.0. The molecule has 2 heterocycles. The minimum absolute atomic E-state index is 0.178. The second-order valence-corrected chi connectivity index (χ2v) is 7.72. The number of carbonyl (C=O) groups is 1. The minimum atomic E-state index is 0.178. The number of carbonyl (C=O) groups excluding carboxylic acids is 1. The molecule has 28 heavy (non-hydrogen) atoms. The standard InChI is InChI=1S/C23H29N3O2/c1-26-20-13-18(21(28-2)14-17(20)10-11-22(26)27)15-25-19-9-6-12-24-23(19)16-7-4-3-5-8-16/h3-5,7-8,13-14,19,23-25H,6,9-12,15H2,1-2H3. The van der Waals surface area contributed by atoms with Crippen molar-refractivity contribution >= 4 is 11.6 Å². The Kier molecular flexibility index (Phi) is 5.64.